The number of carboxylic acid groups (broad SMARTS) is 1. The lowest BCUT2D eigenvalue weighted by atomic mass is 9.99. The molecule has 0 amide bonds. The van der Waals surface area contributed by atoms with E-state index in [0.29, 0.717) is 0 Å². The van der Waals surface area contributed by atoms with Crippen molar-refractivity contribution in [3.8, 4) is 10.6 Å². The number of hydrogen-bond donors (Lipinski definition) is 1. The summed E-state index contributed by atoms with van der Waals surface area (Å²) in [4.78, 5) is 17.6. The molecule has 25 heavy (non-hydrogen) atoms. The summed E-state index contributed by atoms with van der Waals surface area (Å²) in [7, 11) is 0. The number of hydrogen-bond acceptors (Lipinski definition) is 4. The fraction of sp³-hybridized carbons (Fsp3) is 0.200. The van der Waals surface area contributed by atoms with E-state index in [1.54, 1.807) is 5.38 Å². The summed E-state index contributed by atoms with van der Waals surface area (Å²) in [5.41, 5.74) is 5.22. The Bertz CT molecular complexity index is 902. The van der Waals surface area contributed by atoms with Gasteiger partial charge in [0, 0.05) is 30.6 Å². The summed E-state index contributed by atoms with van der Waals surface area (Å²) in [5, 5.41) is 11.3. The summed E-state index contributed by atoms with van der Waals surface area (Å²) in [6.45, 7) is 2.99. The van der Waals surface area contributed by atoms with Crippen LogP contribution in [0.5, 0.6) is 0 Å². The highest BCUT2D eigenvalue weighted by Crippen LogP contribution is 2.25. The molecule has 1 aromatic heterocycles. The van der Waals surface area contributed by atoms with Crippen LogP contribution < -0.4 is 0 Å². The third-order valence-electron chi connectivity index (χ3n) is 4.54. The Kier molecular flexibility index (Phi) is 4.34. The molecule has 0 saturated heterocycles. The van der Waals surface area contributed by atoms with E-state index in [1.807, 2.05) is 12.1 Å². The van der Waals surface area contributed by atoms with Gasteiger partial charge in [0.05, 0.1) is 0 Å². The van der Waals surface area contributed by atoms with Gasteiger partial charge in [-0.25, -0.2) is 9.78 Å². The van der Waals surface area contributed by atoms with E-state index in [9.17, 15) is 4.79 Å². The van der Waals surface area contributed by atoms with Crippen molar-refractivity contribution in [3.05, 3.63) is 76.3 Å². The molecule has 3 aromatic rings. The molecule has 0 bridgehead atoms. The summed E-state index contributed by atoms with van der Waals surface area (Å²) in [6.07, 6.45) is 1.10. The van der Waals surface area contributed by atoms with E-state index in [1.165, 1.54) is 28.0 Å². The fourth-order valence-electron chi connectivity index (χ4n) is 3.20. The average Bonchev–Trinajstić information content (AvgIpc) is 3.13. The summed E-state index contributed by atoms with van der Waals surface area (Å²) in [6, 6.07) is 16.9. The second-order valence-corrected chi connectivity index (χ2v) is 7.13. The monoisotopic (exact) mass is 350 g/mol. The van der Waals surface area contributed by atoms with Crippen LogP contribution in [-0.4, -0.2) is 27.5 Å². The Labute approximate surface area is 150 Å². The Morgan fingerprint density at radius 2 is 1.88 bits per heavy atom. The zero-order valence-corrected chi connectivity index (χ0v) is 14.5. The number of rotatable bonds is 4. The van der Waals surface area contributed by atoms with Crippen LogP contribution in [0.1, 0.15) is 27.2 Å². The Balaban J connectivity index is 1.45. The second-order valence-electron chi connectivity index (χ2n) is 6.27. The average molecular weight is 350 g/mol. The van der Waals surface area contributed by atoms with E-state index in [0.717, 1.165) is 36.6 Å². The molecule has 0 atom stereocenters. The molecule has 2 heterocycles. The van der Waals surface area contributed by atoms with E-state index in [2.05, 4.69) is 46.3 Å². The van der Waals surface area contributed by atoms with Crippen LogP contribution in [0.15, 0.2) is 53.9 Å². The second kappa shape index (κ2) is 6.78. The fourth-order valence-corrected chi connectivity index (χ4v) is 4.00. The van der Waals surface area contributed by atoms with Crippen LogP contribution >= 0.6 is 11.3 Å². The zero-order valence-electron chi connectivity index (χ0n) is 13.7. The van der Waals surface area contributed by atoms with Crippen molar-refractivity contribution in [1.82, 2.24) is 9.88 Å². The van der Waals surface area contributed by atoms with Crippen molar-refractivity contribution < 1.29 is 9.90 Å². The van der Waals surface area contributed by atoms with Crippen LogP contribution in [0.2, 0.25) is 0 Å². The maximum Gasteiger partial charge on any atom is 0.355 e. The lowest BCUT2D eigenvalue weighted by molar-refractivity contribution is 0.0691. The molecule has 4 rings (SSSR count). The quantitative estimate of drug-likeness (QED) is 0.771. The smallest absolute Gasteiger partial charge is 0.355 e. The lowest BCUT2D eigenvalue weighted by Gasteiger charge is -2.28. The van der Waals surface area contributed by atoms with E-state index < -0.39 is 5.97 Å². The minimum absolute atomic E-state index is 0.107. The first-order chi connectivity index (χ1) is 12.2. The van der Waals surface area contributed by atoms with Gasteiger partial charge in [-0.15, -0.1) is 11.3 Å². The van der Waals surface area contributed by atoms with Gasteiger partial charge in [0.15, 0.2) is 5.69 Å². The molecule has 0 radical (unpaired) electrons. The first-order valence-corrected chi connectivity index (χ1v) is 9.14. The van der Waals surface area contributed by atoms with Gasteiger partial charge in [0.25, 0.3) is 0 Å². The molecule has 0 spiro atoms. The molecule has 4 nitrogen and oxygen atoms in total. The molecular weight excluding hydrogens is 332 g/mol. The SMILES string of the molecule is O=C(O)c1csc(-c2ccc(CN3CCc4ccccc4C3)cc2)n1. The van der Waals surface area contributed by atoms with Crippen LogP contribution in [0, 0.1) is 0 Å². The first kappa shape index (κ1) is 16.0. The minimum atomic E-state index is -0.982. The van der Waals surface area contributed by atoms with Gasteiger partial charge in [-0.3, -0.25) is 4.90 Å². The standard InChI is InChI=1S/C20H18N2O2S/c23-20(24)18-13-25-19(21-18)16-7-5-14(6-8-16)11-22-10-9-15-3-1-2-4-17(15)12-22/h1-8,13H,9-12H2,(H,23,24). The van der Waals surface area contributed by atoms with Crippen LogP contribution in [0.3, 0.4) is 0 Å². The highest BCUT2D eigenvalue weighted by Gasteiger charge is 2.16. The normalized spacial score (nSPS) is 14.2. The number of benzene rings is 2. The molecule has 0 fully saturated rings. The highest BCUT2D eigenvalue weighted by molar-refractivity contribution is 7.13. The lowest BCUT2D eigenvalue weighted by Crippen LogP contribution is -2.29. The number of nitrogens with zero attached hydrogens (tertiary/aromatic N) is 2. The third-order valence-corrected chi connectivity index (χ3v) is 5.43. The van der Waals surface area contributed by atoms with Crippen LogP contribution in [0.4, 0.5) is 0 Å². The number of carboxylic acids is 1. The number of aromatic nitrogens is 1. The maximum absolute atomic E-state index is 10.9. The highest BCUT2D eigenvalue weighted by atomic mass is 32.1. The van der Waals surface area contributed by atoms with Gasteiger partial charge >= 0.3 is 5.97 Å². The van der Waals surface area contributed by atoms with Crippen molar-refractivity contribution >= 4 is 17.3 Å². The number of fused-ring (bicyclic) bond motifs is 1. The topological polar surface area (TPSA) is 53.4 Å². The van der Waals surface area contributed by atoms with Gasteiger partial charge in [-0.2, -0.15) is 0 Å². The summed E-state index contributed by atoms with van der Waals surface area (Å²) >= 11 is 1.36. The molecule has 0 saturated carbocycles. The van der Waals surface area contributed by atoms with E-state index in [4.69, 9.17) is 5.11 Å². The number of aromatic carboxylic acids is 1. The Morgan fingerprint density at radius 1 is 1.12 bits per heavy atom. The van der Waals surface area contributed by atoms with Crippen molar-refractivity contribution in [3.63, 3.8) is 0 Å². The van der Waals surface area contributed by atoms with E-state index in [-0.39, 0.29) is 5.69 Å². The Hall–Kier alpha value is -2.50. The van der Waals surface area contributed by atoms with Crippen LogP contribution in [0.25, 0.3) is 10.6 Å². The molecule has 2 aromatic carbocycles. The minimum Gasteiger partial charge on any atom is -0.476 e. The molecule has 0 aliphatic carbocycles. The molecule has 1 aliphatic heterocycles. The maximum atomic E-state index is 10.9. The van der Waals surface area contributed by atoms with E-state index >= 15 is 0 Å². The van der Waals surface area contributed by atoms with Gasteiger partial charge in [-0.05, 0) is 23.1 Å². The van der Waals surface area contributed by atoms with Gasteiger partial charge in [0.2, 0.25) is 0 Å². The first-order valence-electron chi connectivity index (χ1n) is 8.26. The molecule has 126 valence electrons. The summed E-state index contributed by atoms with van der Waals surface area (Å²) < 4.78 is 0. The van der Waals surface area contributed by atoms with Crippen LogP contribution in [-0.2, 0) is 19.5 Å². The predicted octanol–water partition coefficient (Wildman–Crippen LogP) is 4.07. The number of thiazole rings is 1. The molecular formula is C20H18N2O2S. The summed E-state index contributed by atoms with van der Waals surface area (Å²) in [5.74, 6) is -0.982. The van der Waals surface area contributed by atoms with Crippen molar-refractivity contribution in [2.45, 2.75) is 19.5 Å². The molecule has 5 heteroatoms. The van der Waals surface area contributed by atoms with Crippen molar-refractivity contribution in [2.24, 2.45) is 0 Å². The third kappa shape index (κ3) is 3.48. The van der Waals surface area contributed by atoms with Gasteiger partial charge in [-0.1, -0.05) is 48.5 Å². The van der Waals surface area contributed by atoms with Gasteiger partial charge < -0.3 is 5.11 Å². The number of carbonyl (C=O) groups is 1. The molecule has 1 N–H and O–H groups in total. The van der Waals surface area contributed by atoms with Crippen molar-refractivity contribution in [2.75, 3.05) is 6.54 Å². The zero-order chi connectivity index (χ0) is 17.2. The Morgan fingerprint density at radius 3 is 2.60 bits per heavy atom. The van der Waals surface area contributed by atoms with Gasteiger partial charge in [0.1, 0.15) is 5.01 Å². The molecule has 0 unspecified atom stereocenters. The van der Waals surface area contributed by atoms with Crippen molar-refractivity contribution in [1.29, 1.82) is 0 Å². The predicted molar refractivity (Wildman–Crippen MR) is 98.8 cm³/mol. The largest absolute Gasteiger partial charge is 0.476 e. The molecule has 1 aliphatic rings.